The maximum atomic E-state index is 12.3. The smallest absolute Gasteiger partial charge is 0.358 e. The fourth-order valence-corrected chi connectivity index (χ4v) is 15.6. The summed E-state index contributed by atoms with van der Waals surface area (Å²) in [6.45, 7) is 3.50. The Morgan fingerprint density at radius 3 is 1.39 bits per heavy atom. The van der Waals surface area contributed by atoms with Crippen LogP contribution in [0, 0.1) is 17.8 Å². The zero-order chi connectivity index (χ0) is 65.4. The lowest BCUT2D eigenvalue weighted by molar-refractivity contribution is -0.130. The molecular formula is C64H57N15O13S3. The van der Waals surface area contributed by atoms with E-state index in [1.807, 2.05) is 64.2 Å². The molecule has 28 nitrogen and oxygen atoms in total. The number of fused-ring (bicyclic) bond motifs is 9. The number of nitrogens with two attached hydrogens (primary N) is 1. The van der Waals surface area contributed by atoms with Crippen molar-refractivity contribution in [2.45, 2.75) is 70.0 Å². The number of oxime groups is 1. The Hall–Kier alpha value is -10.5. The summed E-state index contributed by atoms with van der Waals surface area (Å²) in [5.41, 5.74) is 15.9. The molecule has 6 N–H and O–H groups in total. The first-order chi connectivity index (χ1) is 46.4. The van der Waals surface area contributed by atoms with Gasteiger partial charge in [0.25, 0.3) is 11.8 Å². The van der Waals surface area contributed by atoms with Crippen LogP contribution < -0.4 is 5.73 Å². The van der Waals surface area contributed by atoms with Gasteiger partial charge in [0.05, 0.1) is 31.3 Å². The Kier molecular flexibility index (Phi) is 17.3. The lowest BCUT2D eigenvalue weighted by atomic mass is 10.0. The lowest BCUT2D eigenvalue weighted by Crippen LogP contribution is -2.30. The van der Waals surface area contributed by atoms with Crippen LogP contribution in [0.5, 0.6) is 0 Å². The maximum Gasteiger partial charge on any atom is 0.358 e. The van der Waals surface area contributed by atoms with Crippen molar-refractivity contribution in [3.05, 3.63) is 152 Å². The number of β-amino-alcohol motifs (C(OH)–C–C–N with tert-alkyl or cyclic N) is 2. The maximum absolute atomic E-state index is 12.3. The van der Waals surface area contributed by atoms with Crippen LogP contribution >= 0.6 is 34.0 Å². The van der Waals surface area contributed by atoms with Crippen molar-refractivity contribution in [2.24, 2.45) is 28.6 Å². The SMILES string of the molecule is CCCN1C(=O)CC2Cc3c(/C(N)=N/O)cccc3C21.O=C(O)c1cc(-c2nccs2)on1.O=C1CC2Cc3c(-c4noc(-c5cc(-c6nccs6)on5)n4)cccc3C2N1CCO.O=C1CC2Cc3c(-c4noc(-c5cc(-c6nccs6)on5)n4)cccc3C2N1CCO. The van der Waals surface area contributed by atoms with Crippen LogP contribution in [0.1, 0.15) is 100 Å². The summed E-state index contributed by atoms with van der Waals surface area (Å²) in [7, 11) is 0. The average Bonchev–Trinajstić information content (AvgIpc) is 1.59. The van der Waals surface area contributed by atoms with Crippen LogP contribution in [0.4, 0.5) is 0 Å². The number of amidine groups is 1. The molecule has 484 valence electrons. The largest absolute Gasteiger partial charge is 0.476 e. The first kappa shape index (κ1) is 62.0. The number of aromatic nitrogens is 10. The number of aliphatic hydroxyl groups excluding tert-OH is 2. The number of rotatable bonds is 15. The molecule has 3 fully saturated rings. The van der Waals surface area contributed by atoms with Gasteiger partial charge in [0, 0.05) is 109 Å². The predicted octanol–water partition coefficient (Wildman–Crippen LogP) is 9.04. The van der Waals surface area contributed by atoms with E-state index in [-0.39, 0.29) is 84.2 Å². The summed E-state index contributed by atoms with van der Waals surface area (Å²) in [6, 6.07) is 22.8. The molecule has 0 spiro atoms. The number of carboxylic acid groups (broad SMARTS) is 1. The van der Waals surface area contributed by atoms with Gasteiger partial charge in [-0.3, -0.25) is 14.4 Å². The minimum atomic E-state index is -1.11. The first-order valence-corrected chi connectivity index (χ1v) is 33.0. The predicted molar refractivity (Wildman–Crippen MR) is 339 cm³/mol. The van der Waals surface area contributed by atoms with E-state index in [4.69, 9.17) is 38.7 Å². The van der Waals surface area contributed by atoms with Gasteiger partial charge in [0.1, 0.15) is 0 Å². The van der Waals surface area contributed by atoms with Crippen molar-refractivity contribution in [1.29, 1.82) is 0 Å². The third-order valence-corrected chi connectivity index (χ3v) is 20.0. The molecule has 0 bridgehead atoms. The number of carboxylic acids is 1. The number of carbonyl (C=O) groups is 4. The summed E-state index contributed by atoms with van der Waals surface area (Å²) in [4.78, 5) is 74.3. The number of benzene rings is 3. The van der Waals surface area contributed by atoms with Crippen molar-refractivity contribution < 1.29 is 62.3 Å². The van der Waals surface area contributed by atoms with Gasteiger partial charge in [-0.05, 0) is 76.8 Å². The van der Waals surface area contributed by atoms with Gasteiger partial charge in [0.2, 0.25) is 29.4 Å². The molecule has 95 heavy (non-hydrogen) atoms. The van der Waals surface area contributed by atoms with Gasteiger partial charge in [-0.2, -0.15) is 9.97 Å². The Bertz CT molecular complexity index is 4440. The molecule has 6 aliphatic rings. The monoisotopic (exact) mass is 1340 g/mol. The molecule has 11 heterocycles. The molecule has 31 heteroatoms. The zero-order valence-electron chi connectivity index (χ0n) is 50.4. The van der Waals surface area contributed by atoms with E-state index in [2.05, 4.69) is 68.8 Å². The molecule has 6 atom stereocenters. The topological polar surface area (TPSA) is 392 Å². The minimum absolute atomic E-state index is 0.00244. The molecule has 0 radical (unpaired) electrons. The second kappa shape index (κ2) is 26.5. The van der Waals surface area contributed by atoms with E-state index in [1.165, 1.54) is 45.6 Å². The highest BCUT2D eigenvalue weighted by molar-refractivity contribution is 7.13. The van der Waals surface area contributed by atoms with Gasteiger partial charge < -0.3 is 63.6 Å². The number of likely N-dealkylation sites (tertiary alicyclic amines) is 3. The van der Waals surface area contributed by atoms with Crippen molar-refractivity contribution >= 4 is 63.5 Å². The van der Waals surface area contributed by atoms with Crippen molar-refractivity contribution in [2.75, 3.05) is 32.8 Å². The van der Waals surface area contributed by atoms with Crippen molar-refractivity contribution in [3.63, 3.8) is 0 Å². The highest BCUT2D eigenvalue weighted by atomic mass is 32.1. The normalized spacial score (nSPS) is 19.5. The Morgan fingerprint density at radius 2 is 0.979 bits per heavy atom. The molecule has 3 aliphatic carbocycles. The molecule has 8 aromatic heterocycles. The molecule has 3 saturated heterocycles. The number of thiazole rings is 3. The van der Waals surface area contributed by atoms with Gasteiger partial charge in [-0.15, -0.1) is 34.0 Å². The van der Waals surface area contributed by atoms with Gasteiger partial charge in [-0.25, -0.2) is 19.7 Å². The number of carbonyl (C=O) groups excluding carboxylic acids is 3. The first-order valence-electron chi connectivity index (χ1n) is 30.3. The van der Waals surface area contributed by atoms with Crippen LogP contribution in [0.2, 0.25) is 0 Å². The quantitative estimate of drug-likeness (QED) is 0.0276. The number of aromatic carboxylic acids is 1. The van der Waals surface area contributed by atoms with Gasteiger partial charge in [0.15, 0.2) is 55.2 Å². The van der Waals surface area contributed by atoms with Crippen LogP contribution in [-0.4, -0.2) is 148 Å². The fourth-order valence-electron chi connectivity index (χ4n) is 13.8. The lowest BCUT2D eigenvalue weighted by Gasteiger charge is -2.24. The Labute approximate surface area is 550 Å². The van der Waals surface area contributed by atoms with Crippen LogP contribution in [0.25, 0.3) is 78.2 Å². The number of amides is 3. The Balaban J connectivity index is 0.000000114. The van der Waals surface area contributed by atoms with E-state index < -0.39 is 5.97 Å². The third-order valence-electron chi connectivity index (χ3n) is 17.6. The van der Waals surface area contributed by atoms with E-state index in [0.717, 1.165) is 86.8 Å². The third kappa shape index (κ3) is 11.8. The highest BCUT2D eigenvalue weighted by Gasteiger charge is 2.49. The second-order valence-electron chi connectivity index (χ2n) is 23.0. The zero-order valence-corrected chi connectivity index (χ0v) is 52.8. The van der Waals surface area contributed by atoms with E-state index in [9.17, 15) is 29.4 Å². The number of nitrogens with zero attached hydrogens (tertiary/aromatic N) is 14. The van der Waals surface area contributed by atoms with E-state index >= 15 is 0 Å². The molecule has 0 saturated carbocycles. The number of aliphatic hydroxyl groups is 2. The number of hydrogen-bond donors (Lipinski definition) is 5. The van der Waals surface area contributed by atoms with E-state index in [0.29, 0.717) is 83.6 Å². The van der Waals surface area contributed by atoms with Crippen molar-refractivity contribution in [1.82, 2.24) is 65.4 Å². The average molecular weight is 1340 g/mol. The highest BCUT2D eigenvalue weighted by Crippen LogP contribution is 2.52. The van der Waals surface area contributed by atoms with E-state index in [1.54, 1.807) is 45.9 Å². The fraction of sp³-hybridized carbons (Fsp3) is 0.297. The molecule has 3 amide bonds. The Morgan fingerprint density at radius 1 is 0.558 bits per heavy atom. The van der Waals surface area contributed by atoms with Crippen LogP contribution in [-0.2, 0) is 33.6 Å². The summed E-state index contributed by atoms with van der Waals surface area (Å²) in [5, 5.41) is 66.7. The molecule has 11 aromatic rings. The summed E-state index contributed by atoms with van der Waals surface area (Å²) in [6.07, 6.45) is 9.95. The molecule has 6 unspecified atom stereocenters. The second-order valence-corrected chi connectivity index (χ2v) is 25.7. The molecular weight excluding hydrogens is 1280 g/mol. The van der Waals surface area contributed by atoms with Crippen molar-refractivity contribution in [3.8, 4) is 78.2 Å². The van der Waals surface area contributed by atoms with Crippen LogP contribution in [0.15, 0.2) is 135 Å². The van der Waals surface area contributed by atoms with Gasteiger partial charge >= 0.3 is 5.97 Å². The molecule has 3 aromatic carbocycles. The summed E-state index contributed by atoms with van der Waals surface area (Å²) in [5.74, 6) is 3.22. The standard InChI is InChI=1S/2C21H17N5O4S.C15H19N3O2.C7H4N2O3S/c2*27-6-5-26-17(28)9-11-8-14-12(18(11)26)2-1-3-13(14)19-23-20(30-25-19)15-10-16(29-24-15)21-22-4-7-31-21;1-2-6-18-13(19)8-9-7-12-10(14(9)18)4-3-5-11(12)15(16)17-20;10-7(11)4-3-5(12-9-4)6-8-1-2-13-6/h2*1-4,7,10-11,18,27H,5-6,8-9H2;3-5,9,14,20H,2,6-8H2,1H3,(H2,16,17);1-3H,(H,10,11). The summed E-state index contributed by atoms with van der Waals surface area (Å²) >= 11 is 4.28. The number of hydrogen-bond acceptors (Lipinski definition) is 26. The molecule has 3 aliphatic heterocycles. The minimum Gasteiger partial charge on any atom is -0.476 e. The summed E-state index contributed by atoms with van der Waals surface area (Å²) < 4.78 is 26.4. The van der Waals surface area contributed by atoms with Crippen LogP contribution in [0.3, 0.4) is 0 Å². The van der Waals surface area contributed by atoms with Gasteiger partial charge in [-0.1, -0.05) is 92.5 Å². The molecule has 17 rings (SSSR count).